The molecule has 0 unspecified atom stereocenters. The van der Waals surface area contributed by atoms with Gasteiger partial charge < -0.3 is 9.29 Å². The van der Waals surface area contributed by atoms with Crippen LogP contribution in [0.5, 0.6) is 5.75 Å². The molecular weight excluding hydrogens is 497 g/mol. The van der Waals surface area contributed by atoms with Crippen LogP contribution in [0.4, 0.5) is 13.2 Å². The summed E-state index contributed by atoms with van der Waals surface area (Å²) in [6, 6.07) is 18.3. The summed E-state index contributed by atoms with van der Waals surface area (Å²) in [7, 11) is -4.64. The number of aliphatic carboxylic acids is 1. The highest BCUT2D eigenvalue weighted by molar-refractivity contribution is 7.87. The maximum atomic E-state index is 13.1. The number of benzene rings is 3. The van der Waals surface area contributed by atoms with Gasteiger partial charge in [0.15, 0.2) is 5.75 Å². The molecule has 0 aliphatic carbocycles. The molecule has 0 spiro atoms. The summed E-state index contributed by atoms with van der Waals surface area (Å²) in [4.78, 5) is 10.8. The molecule has 3 aromatic carbocycles. The third kappa shape index (κ3) is 5.41. The molecule has 0 radical (unpaired) electrons. The van der Waals surface area contributed by atoms with Crippen LogP contribution in [-0.4, -0.2) is 29.3 Å². The Kier molecular flexibility index (Phi) is 6.59. The zero-order chi connectivity index (χ0) is 26.1. The van der Waals surface area contributed by atoms with E-state index in [4.69, 9.17) is 4.18 Å². The lowest BCUT2D eigenvalue weighted by atomic mass is 10.1. The molecule has 0 saturated heterocycles. The van der Waals surface area contributed by atoms with Crippen LogP contribution in [0.15, 0.2) is 83.8 Å². The number of halogens is 3. The zero-order valence-corrected chi connectivity index (χ0v) is 19.5. The van der Waals surface area contributed by atoms with Gasteiger partial charge in [0.05, 0.1) is 17.0 Å². The molecule has 4 rings (SSSR count). The minimum Gasteiger partial charge on any atom is -0.480 e. The van der Waals surface area contributed by atoms with Crippen molar-refractivity contribution >= 4 is 16.1 Å². The molecule has 36 heavy (non-hydrogen) atoms. The molecule has 7 nitrogen and oxygen atoms in total. The maximum Gasteiger partial charge on any atom is 0.416 e. The van der Waals surface area contributed by atoms with Crippen LogP contribution in [0.25, 0.3) is 22.5 Å². The Labute approximate surface area is 204 Å². The molecule has 186 valence electrons. The highest BCUT2D eigenvalue weighted by Crippen LogP contribution is 2.36. The highest BCUT2D eigenvalue weighted by atomic mass is 32.2. The summed E-state index contributed by atoms with van der Waals surface area (Å²) in [5.74, 6) is -1.30. The first-order valence-electron chi connectivity index (χ1n) is 10.5. The molecule has 11 heteroatoms. The third-order valence-corrected chi connectivity index (χ3v) is 6.43. The van der Waals surface area contributed by atoms with Gasteiger partial charge in [-0.15, -0.1) is 0 Å². The van der Waals surface area contributed by atoms with Gasteiger partial charge >= 0.3 is 22.3 Å². The fraction of sp³-hybridized carbons (Fsp3) is 0.120. The van der Waals surface area contributed by atoms with Gasteiger partial charge in [0.25, 0.3) is 0 Å². The first-order chi connectivity index (χ1) is 16.9. The highest BCUT2D eigenvalue weighted by Gasteiger charge is 2.32. The number of aryl methyl sites for hydroxylation is 1. The van der Waals surface area contributed by atoms with Crippen molar-refractivity contribution in [1.29, 1.82) is 0 Å². The van der Waals surface area contributed by atoms with E-state index in [2.05, 4.69) is 5.10 Å². The largest absolute Gasteiger partial charge is 0.480 e. The Morgan fingerprint density at radius 3 is 2.39 bits per heavy atom. The van der Waals surface area contributed by atoms with E-state index in [1.54, 1.807) is 55.5 Å². The lowest BCUT2D eigenvalue weighted by molar-refractivity contribution is -0.138. The lowest BCUT2D eigenvalue weighted by Crippen LogP contribution is -2.13. The van der Waals surface area contributed by atoms with Crippen LogP contribution in [0.1, 0.15) is 11.1 Å². The Balaban J connectivity index is 1.79. The van der Waals surface area contributed by atoms with Crippen molar-refractivity contribution in [3.05, 3.63) is 90.0 Å². The van der Waals surface area contributed by atoms with Crippen LogP contribution in [0, 0.1) is 6.92 Å². The standard InChI is InChI=1S/C25H19F3N2O5S/c1-16-10-11-23(35-36(33,34)19-9-5-8-18(13-19)25(26,27)28)20(12-16)21-14-22(17-6-3-2-4-7-17)30(29-21)15-24(31)32/h2-14H,15H2,1H3,(H,31,32). The van der Waals surface area contributed by atoms with Gasteiger partial charge in [-0.05, 0) is 48.9 Å². The summed E-state index contributed by atoms with van der Waals surface area (Å²) >= 11 is 0. The normalized spacial score (nSPS) is 11.9. The number of carboxylic acid groups (broad SMARTS) is 1. The van der Waals surface area contributed by atoms with Gasteiger partial charge in [0, 0.05) is 5.56 Å². The number of aromatic nitrogens is 2. The van der Waals surface area contributed by atoms with Crippen LogP contribution < -0.4 is 4.18 Å². The molecule has 0 bridgehead atoms. The minimum atomic E-state index is -4.73. The van der Waals surface area contributed by atoms with Crippen LogP contribution in [0.3, 0.4) is 0 Å². The summed E-state index contributed by atoms with van der Waals surface area (Å²) in [6.45, 7) is 1.30. The molecule has 0 aliphatic heterocycles. The summed E-state index contributed by atoms with van der Waals surface area (Å²) in [5, 5.41) is 13.7. The number of carbonyl (C=O) groups is 1. The zero-order valence-electron chi connectivity index (χ0n) is 18.7. The first kappa shape index (κ1) is 25.0. The average molecular weight is 516 g/mol. The van der Waals surface area contributed by atoms with Crippen LogP contribution >= 0.6 is 0 Å². The first-order valence-corrected chi connectivity index (χ1v) is 11.9. The Bertz CT molecular complexity index is 1530. The van der Waals surface area contributed by atoms with Crippen molar-refractivity contribution in [3.63, 3.8) is 0 Å². The molecule has 1 heterocycles. The molecule has 1 aromatic heterocycles. The van der Waals surface area contributed by atoms with E-state index in [-0.39, 0.29) is 17.0 Å². The third-order valence-electron chi connectivity index (χ3n) is 5.20. The lowest BCUT2D eigenvalue weighted by Gasteiger charge is -2.13. The quantitative estimate of drug-likeness (QED) is 0.331. The second-order valence-electron chi connectivity index (χ2n) is 7.89. The van der Waals surface area contributed by atoms with Crippen molar-refractivity contribution < 1.29 is 35.7 Å². The Morgan fingerprint density at radius 1 is 1.00 bits per heavy atom. The van der Waals surface area contributed by atoms with Crippen molar-refractivity contribution in [2.24, 2.45) is 0 Å². The molecule has 0 saturated carbocycles. The van der Waals surface area contributed by atoms with E-state index < -0.39 is 39.3 Å². The van der Waals surface area contributed by atoms with E-state index in [0.29, 0.717) is 17.3 Å². The van der Waals surface area contributed by atoms with Gasteiger partial charge in [-0.1, -0.05) is 48.0 Å². The number of hydrogen-bond donors (Lipinski definition) is 1. The van der Waals surface area contributed by atoms with Crippen molar-refractivity contribution in [2.75, 3.05) is 0 Å². The Morgan fingerprint density at radius 2 is 1.72 bits per heavy atom. The van der Waals surface area contributed by atoms with Crippen molar-refractivity contribution in [3.8, 4) is 28.3 Å². The van der Waals surface area contributed by atoms with Crippen molar-refractivity contribution in [2.45, 2.75) is 24.5 Å². The van der Waals surface area contributed by atoms with Crippen LogP contribution in [-0.2, 0) is 27.6 Å². The molecule has 4 aromatic rings. The number of hydrogen-bond acceptors (Lipinski definition) is 5. The SMILES string of the molecule is Cc1ccc(OS(=O)(=O)c2cccc(C(F)(F)F)c2)c(-c2cc(-c3ccccc3)n(CC(=O)O)n2)c1. The van der Waals surface area contributed by atoms with E-state index in [9.17, 15) is 31.5 Å². The van der Waals surface area contributed by atoms with E-state index >= 15 is 0 Å². The van der Waals surface area contributed by atoms with Crippen molar-refractivity contribution in [1.82, 2.24) is 9.78 Å². The fourth-order valence-electron chi connectivity index (χ4n) is 3.55. The number of rotatable bonds is 7. The van der Waals surface area contributed by atoms with Gasteiger partial charge in [0.2, 0.25) is 0 Å². The van der Waals surface area contributed by atoms with Crippen LogP contribution in [0.2, 0.25) is 0 Å². The minimum absolute atomic E-state index is 0.169. The van der Waals surface area contributed by atoms with Gasteiger partial charge in [-0.2, -0.15) is 26.7 Å². The molecule has 0 aliphatic rings. The monoisotopic (exact) mass is 516 g/mol. The number of alkyl halides is 3. The van der Waals surface area contributed by atoms with E-state index in [1.165, 1.54) is 10.7 Å². The van der Waals surface area contributed by atoms with Gasteiger partial charge in [0.1, 0.15) is 11.4 Å². The second kappa shape index (κ2) is 9.50. The molecule has 0 fully saturated rings. The summed E-state index contributed by atoms with van der Waals surface area (Å²) in [6.07, 6.45) is -4.73. The average Bonchev–Trinajstić information content (AvgIpc) is 3.23. The smallest absolute Gasteiger partial charge is 0.416 e. The summed E-state index contributed by atoms with van der Waals surface area (Å²) < 4.78 is 71.6. The fourth-order valence-corrected chi connectivity index (χ4v) is 4.54. The maximum absolute atomic E-state index is 13.1. The van der Waals surface area contributed by atoms with E-state index in [1.807, 2.05) is 0 Å². The summed E-state index contributed by atoms with van der Waals surface area (Å²) in [5.41, 5.74) is 1.21. The molecule has 0 atom stereocenters. The number of carboxylic acids is 1. The predicted molar refractivity (Wildman–Crippen MR) is 125 cm³/mol. The second-order valence-corrected chi connectivity index (χ2v) is 9.44. The Hall–Kier alpha value is -4.12. The molecule has 0 amide bonds. The topological polar surface area (TPSA) is 98.5 Å². The number of nitrogens with zero attached hydrogens (tertiary/aromatic N) is 2. The predicted octanol–water partition coefficient (Wildman–Crippen LogP) is 5.40. The van der Waals surface area contributed by atoms with E-state index in [0.717, 1.165) is 23.8 Å². The molecule has 1 N–H and O–H groups in total. The van der Waals surface area contributed by atoms with Gasteiger partial charge in [-0.25, -0.2) is 0 Å². The molecular formula is C25H19F3N2O5S. The van der Waals surface area contributed by atoms with Gasteiger partial charge in [-0.3, -0.25) is 9.48 Å².